The maximum Gasteiger partial charge on any atom is 0.196 e. The molecule has 5 rings (SSSR count). The quantitative estimate of drug-likeness (QED) is 0.198. The van der Waals surface area contributed by atoms with Crippen molar-refractivity contribution in [2.45, 2.75) is 12.1 Å². The van der Waals surface area contributed by atoms with E-state index >= 15 is 0 Å². The van der Waals surface area contributed by atoms with Crippen LogP contribution < -0.4 is 0 Å². The summed E-state index contributed by atoms with van der Waals surface area (Å²) in [7, 11) is 0. The molecular weight excluding hydrogens is 450 g/mol. The van der Waals surface area contributed by atoms with Crippen molar-refractivity contribution in [3.63, 3.8) is 0 Å². The summed E-state index contributed by atoms with van der Waals surface area (Å²) in [6.45, 7) is 2.05. The molecule has 162 valence electrons. The number of ketones is 1. The van der Waals surface area contributed by atoms with Crippen LogP contribution in [0.15, 0.2) is 96.2 Å². The molecule has 0 aliphatic carbocycles. The molecule has 4 nitrogen and oxygen atoms in total. The van der Waals surface area contributed by atoms with Gasteiger partial charge >= 0.3 is 0 Å². The van der Waals surface area contributed by atoms with Gasteiger partial charge in [0, 0.05) is 21.8 Å². The molecule has 1 aromatic heterocycles. The van der Waals surface area contributed by atoms with Gasteiger partial charge in [-0.15, -0.1) is 10.2 Å². The van der Waals surface area contributed by atoms with E-state index in [4.69, 9.17) is 11.6 Å². The van der Waals surface area contributed by atoms with Crippen LogP contribution in [-0.2, 0) is 0 Å². The average Bonchev–Trinajstić information content (AvgIpc) is 3.27. The van der Waals surface area contributed by atoms with Gasteiger partial charge in [-0.05, 0) is 48.0 Å². The van der Waals surface area contributed by atoms with Crippen molar-refractivity contribution < 1.29 is 4.79 Å². The molecular formula is C27H20ClN3OS. The Morgan fingerprint density at radius 1 is 0.879 bits per heavy atom. The fraction of sp³-hybridized carbons (Fsp3) is 0.0741. The third-order valence-electron chi connectivity index (χ3n) is 5.43. The number of benzene rings is 4. The lowest BCUT2D eigenvalue weighted by Gasteiger charge is -2.11. The molecule has 0 amide bonds. The topological polar surface area (TPSA) is 47.8 Å². The molecule has 5 aromatic rings. The first-order chi connectivity index (χ1) is 16.1. The van der Waals surface area contributed by atoms with Crippen molar-refractivity contribution in [3.8, 4) is 17.1 Å². The Morgan fingerprint density at radius 3 is 2.36 bits per heavy atom. The normalized spacial score (nSPS) is 11.1. The molecule has 0 radical (unpaired) electrons. The maximum atomic E-state index is 13.0. The van der Waals surface area contributed by atoms with Gasteiger partial charge in [0.05, 0.1) is 5.75 Å². The Hall–Kier alpha value is -3.41. The molecule has 6 heteroatoms. The van der Waals surface area contributed by atoms with Crippen molar-refractivity contribution in [1.29, 1.82) is 0 Å². The first kappa shape index (κ1) is 21.4. The van der Waals surface area contributed by atoms with E-state index in [0.717, 1.165) is 27.8 Å². The van der Waals surface area contributed by atoms with Gasteiger partial charge in [-0.2, -0.15) is 0 Å². The molecule has 1 heterocycles. The summed E-state index contributed by atoms with van der Waals surface area (Å²) in [5, 5.41) is 12.4. The Kier molecular flexibility index (Phi) is 5.99. The van der Waals surface area contributed by atoms with Crippen LogP contribution in [0.4, 0.5) is 0 Å². The van der Waals surface area contributed by atoms with Crippen LogP contribution in [0.1, 0.15) is 15.9 Å². The van der Waals surface area contributed by atoms with Crippen molar-refractivity contribution in [2.24, 2.45) is 0 Å². The van der Waals surface area contributed by atoms with E-state index in [1.54, 1.807) is 0 Å². The molecule has 0 aliphatic heterocycles. The molecule has 33 heavy (non-hydrogen) atoms. The Bertz CT molecular complexity index is 1440. The molecule has 0 unspecified atom stereocenters. The minimum Gasteiger partial charge on any atom is -0.293 e. The summed E-state index contributed by atoms with van der Waals surface area (Å²) in [6.07, 6.45) is 0. The van der Waals surface area contributed by atoms with Gasteiger partial charge < -0.3 is 0 Å². The number of halogens is 1. The standard InChI is InChI=1S/C27H20ClN3OS/c1-18-6-8-20(9-7-18)26-29-30-27(31(26)24-14-12-23(28)13-15-24)33-17-25(32)22-11-10-19-4-2-3-5-21(19)16-22/h2-16H,17H2,1H3. The van der Waals surface area contributed by atoms with Gasteiger partial charge in [0.25, 0.3) is 0 Å². The smallest absolute Gasteiger partial charge is 0.196 e. The number of carbonyl (C=O) groups excluding carboxylic acids is 1. The van der Waals surface area contributed by atoms with E-state index in [-0.39, 0.29) is 11.5 Å². The fourth-order valence-electron chi connectivity index (χ4n) is 3.65. The van der Waals surface area contributed by atoms with Gasteiger partial charge in [-0.1, -0.05) is 89.6 Å². The SMILES string of the molecule is Cc1ccc(-c2nnc(SCC(=O)c3ccc4ccccc4c3)n2-c2ccc(Cl)cc2)cc1. The lowest BCUT2D eigenvalue weighted by atomic mass is 10.1. The molecule has 0 saturated heterocycles. The van der Waals surface area contributed by atoms with Crippen LogP contribution in [0.2, 0.25) is 5.02 Å². The zero-order valence-electron chi connectivity index (χ0n) is 17.9. The van der Waals surface area contributed by atoms with Crippen LogP contribution in [0.25, 0.3) is 27.8 Å². The highest BCUT2D eigenvalue weighted by atomic mass is 35.5. The lowest BCUT2D eigenvalue weighted by Crippen LogP contribution is -2.05. The highest BCUT2D eigenvalue weighted by molar-refractivity contribution is 7.99. The minimum atomic E-state index is 0.0493. The van der Waals surface area contributed by atoms with E-state index in [1.165, 1.54) is 17.3 Å². The predicted octanol–water partition coefficient (Wildman–Crippen LogP) is 7.02. The number of aryl methyl sites for hydroxylation is 1. The Labute approximate surface area is 201 Å². The van der Waals surface area contributed by atoms with Crippen molar-refractivity contribution in [1.82, 2.24) is 14.8 Å². The summed E-state index contributed by atoms with van der Waals surface area (Å²) in [6, 6.07) is 29.5. The summed E-state index contributed by atoms with van der Waals surface area (Å²) >= 11 is 7.49. The molecule has 4 aromatic carbocycles. The third-order valence-corrected chi connectivity index (χ3v) is 6.61. The average molecular weight is 470 g/mol. The summed E-state index contributed by atoms with van der Waals surface area (Å²) in [5.74, 6) is 1.03. The Morgan fingerprint density at radius 2 is 1.61 bits per heavy atom. The van der Waals surface area contributed by atoms with Gasteiger partial charge in [-0.3, -0.25) is 9.36 Å². The van der Waals surface area contributed by atoms with Crippen molar-refractivity contribution >= 4 is 39.9 Å². The molecule has 0 saturated carbocycles. The van der Waals surface area contributed by atoms with Gasteiger partial charge in [-0.25, -0.2) is 0 Å². The maximum absolute atomic E-state index is 13.0. The molecule has 0 N–H and O–H groups in total. The number of aromatic nitrogens is 3. The van der Waals surface area contributed by atoms with Gasteiger partial charge in [0.1, 0.15) is 0 Å². The van der Waals surface area contributed by atoms with Crippen LogP contribution in [-0.4, -0.2) is 26.3 Å². The van der Waals surface area contributed by atoms with E-state index in [9.17, 15) is 4.79 Å². The number of fused-ring (bicyclic) bond motifs is 1. The first-order valence-electron chi connectivity index (χ1n) is 10.5. The lowest BCUT2D eigenvalue weighted by molar-refractivity contribution is 0.102. The number of carbonyl (C=O) groups is 1. The monoisotopic (exact) mass is 469 g/mol. The van der Waals surface area contributed by atoms with Gasteiger partial charge in [0.2, 0.25) is 0 Å². The number of nitrogens with zero attached hydrogens (tertiary/aromatic N) is 3. The molecule has 0 fully saturated rings. The van der Waals surface area contributed by atoms with Crippen LogP contribution >= 0.6 is 23.4 Å². The predicted molar refractivity (Wildman–Crippen MR) is 136 cm³/mol. The zero-order chi connectivity index (χ0) is 22.8. The zero-order valence-corrected chi connectivity index (χ0v) is 19.5. The largest absolute Gasteiger partial charge is 0.293 e. The summed E-state index contributed by atoms with van der Waals surface area (Å²) in [5.41, 5.74) is 3.71. The van der Waals surface area contributed by atoms with Crippen molar-refractivity contribution in [2.75, 3.05) is 5.75 Å². The molecule has 0 aliphatic rings. The van der Waals surface area contributed by atoms with Gasteiger partial charge in [0.15, 0.2) is 16.8 Å². The number of rotatable bonds is 6. The minimum absolute atomic E-state index is 0.0493. The fourth-order valence-corrected chi connectivity index (χ4v) is 4.62. The third kappa shape index (κ3) is 4.56. The second-order valence-electron chi connectivity index (χ2n) is 7.76. The van der Waals surface area contributed by atoms with E-state index < -0.39 is 0 Å². The summed E-state index contributed by atoms with van der Waals surface area (Å²) < 4.78 is 1.97. The Balaban J connectivity index is 1.46. The first-order valence-corrected chi connectivity index (χ1v) is 11.9. The van der Waals surface area contributed by atoms with E-state index in [1.807, 2.05) is 102 Å². The number of hydrogen-bond donors (Lipinski definition) is 0. The highest BCUT2D eigenvalue weighted by Gasteiger charge is 2.18. The van der Waals surface area contributed by atoms with Crippen molar-refractivity contribution in [3.05, 3.63) is 107 Å². The van der Waals surface area contributed by atoms with Crippen LogP contribution in [0.3, 0.4) is 0 Å². The number of hydrogen-bond acceptors (Lipinski definition) is 4. The van der Waals surface area contributed by atoms with Crippen LogP contribution in [0.5, 0.6) is 0 Å². The van der Waals surface area contributed by atoms with Crippen LogP contribution in [0, 0.1) is 6.92 Å². The molecule has 0 bridgehead atoms. The molecule has 0 spiro atoms. The molecule has 0 atom stereocenters. The van der Waals surface area contributed by atoms with E-state index in [2.05, 4.69) is 10.2 Å². The number of thioether (sulfide) groups is 1. The second-order valence-corrected chi connectivity index (χ2v) is 9.14. The highest BCUT2D eigenvalue weighted by Crippen LogP contribution is 2.29. The number of Topliss-reactive ketones (excluding diaryl/α,β-unsaturated/α-hetero) is 1. The second kappa shape index (κ2) is 9.22. The van der Waals surface area contributed by atoms with E-state index in [0.29, 0.717) is 15.7 Å². The summed E-state index contributed by atoms with van der Waals surface area (Å²) in [4.78, 5) is 13.0.